The maximum Gasteiger partial charge on any atom is 0.408 e. The summed E-state index contributed by atoms with van der Waals surface area (Å²) in [7, 11) is 0. The molecule has 1 rings (SSSR count). The Labute approximate surface area is 151 Å². The molecular weight excluding hydrogens is 320 g/mol. The average Bonchev–Trinajstić information content (AvgIpc) is 2.50. The molecule has 0 aliphatic heterocycles. The van der Waals surface area contributed by atoms with Crippen molar-refractivity contribution >= 4 is 23.3 Å². The standard InChI is InChI=1S/C19H30N2O2S/c1-7-13(2)16(21-18(22)23-19(4,5)6)17(24)20-14(3)15-11-9-8-10-12-15/h8-14,16H,7H2,1-6H3,(H,20,24)(H,21,22)/t13-,14-,16-/m0/s1. The number of hydrogen-bond acceptors (Lipinski definition) is 3. The molecule has 4 nitrogen and oxygen atoms in total. The van der Waals surface area contributed by atoms with Crippen LogP contribution in [0.25, 0.3) is 0 Å². The Kier molecular flexibility index (Phi) is 7.67. The van der Waals surface area contributed by atoms with E-state index >= 15 is 0 Å². The van der Waals surface area contributed by atoms with Crippen molar-refractivity contribution in [3.8, 4) is 0 Å². The van der Waals surface area contributed by atoms with E-state index in [4.69, 9.17) is 17.0 Å². The Morgan fingerprint density at radius 1 is 1.17 bits per heavy atom. The van der Waals surface area contributed by atoms with Crippen molar-refractivity contribution in [1.82, 2.24) is 10.6 Å². The highest BCUT2D eigenvalue weighted by Crippen LogP contribution is 2.16. The zero-order chi connectivity index (χ0) is 18.3. The van der Waals surface area contributed by atoms with Gasteiger partial charge in [-0.1, -0.05) is 62.8 Å². The zero-order valence-electron chi connectivity index (χ0n) is 15.6. The second-order valence-corrected chi connectivity index (χ2v) is 7.59. The number of thiocarbonyl (C=S) groups is 1. The summed E-state index contributed by atoms with van der Waals surface area (Å²) in [6, 6.07) is 9.92. The van der Waals surface area contributed by atoms with E-state index in [0.717, 1.165) is 12.0 Å². The molecule has 0 spiro atoms. The molecule has 0 fully saturated rings. The van der Waals surface area contributed by atoms with Gasteiger partial charge in [-0.25, -0.2) is 4.79 Å². The molecule has 1 aromatic rings. The predicted octanol–water partition coefficient (Wildman–Crippen LogP) is 4.60. The molecule has 0 saturated heterocycles. The Balaban J connectivity index is 2.76. The molecule has 0 aliphatic carbocycles. The molecule has 0 bridgehead atoms. The van der Waals surface area contributed by atoms with Crippen LogP contribution in [0.2, 0.25) is 0 Å². The van der Waals surface area contributed by atoms with Gasteiger partial charge in [0.2, 0.25) is 0 Å². The van der Waals surface area contributed by atoms with Crippen LogP contribution in [0.1, 0.15) is 59.6 Å². The minimum absolute atomic E-state index is 0.0747. The lowest BCUT2D eigenvalue weighted by Crippen LogP contribution is -2.50. The second-order valence-electron chi connectivity index (χ2n) is 7.15. The molecule has 0 saturated carbocycles. The van der Waals surface area contributed by atoms with E-state index in [-0.39, 0.29) is 18.0 Å². The van der Waals surface area contributed by atoms with E-state index in [2.05, 4.69) is 43.5 Å². The summed E-state index contributed by atoms with van der Waals surface area (Å²) in [6.07, 6.45) is 0.464. The maximum absolute atomic E-state index is 12.1. The Bertz CT molecular complexity index is 540. The summed E-state index contributed by atoms with van der Waals surface area (Å²) in [5.41, 5.74) is 0.622. The highest BCUT2D eigenvalue weighted by atomic mass is 32.1. The fourth-order valence-corrected chi connectivity index (χ4v) is 2.73. The predicted molar refractivity (Wildman–Crippen MR) is 103 cm³/mol. The third kappa shape index (κ3) is 6.87. The van der Waals surface area contributed by atoms with Gasteiger partial charge < -0.3 is 15.4 Å². The van der Waals surface area contributed by atoms with E-state index in [0.29, 0.717) is 4.99 Å². The van der Waals surface area contributed by atoms with Crippen LogP contribution in [0.5, 0.6) is 0 Å². The summed E-state index contributed by atoms with van der Waals surface area (Å²) in [5.74, 6) is 0.209. The van der Waals surface area contributed by atoms with Crippen molar-refractivity contribution in [3.63, 3.8) is 0 Å². The summed E-state index contributed by atoms with van der Waals surface area (Å²) in [5, 5.41) is 6.26. The molecule has 0 radical (unpaired) electrons. The number of carbonyl (C=O) groups is 1. The van der Waals surface area contributed by atoms with Crippen LogP contribution in [0.15, 0.2) is 30.3 Å². The molecule has 5 heteroatoms. The van der Waals surface area contributed by atoms with Crippen molar-refractivity contribution in [2.24, 2.45) is 5.92 Å². The molecule has 3 atom stereocenters. The first kappa shape index (κ1) is 20.4. The van der Waals surface area contributed by atoms with E-state index in [1.807, 2.05) is 39.0 Å². The van der Waals surface area contributed by atoms with Crippen LogP contribution in [0, 0.1) is 5.92 Å². The highest BCUT2D eigenvalue weighted by Gasteiger charge is 2.26. The van der Waals surface area contributed by atoms with Crippen LogP contribution in [-0.4, -0.2) is 22.7 Å². The molecule has 2 N–H and O–H groups in total. The number of hydrogen-bond donors (Lipinski definition) is 2. The molecule has 134 valence electrons. The number of carbonyl (C=O) groups excluding carboxylic acids is 1. The first-order valence-corrected chi connectivity index (χ1v) is 8.89. The summed E-state index contributed by atoms with van der Waals surface area (Å²) < 4.78 is 5.37. The van der Waals surface area contributed by atoms with Gasteiger partial charge in [0.05, 0.1) is 11.0 Å². The van der Waals surface area contributed by atoms with Crippen molar-refractivity contribution in [2.45, 2.75) is 65.6 Å². The lowest BCUT2D eigenvalue weighted by atomic mass is 9.98. The Morgan fingerprint density at radius 2 is 1.75 bits per heavy atom. The molecule has 24 heavy (non-hydrogen) atoms. The summed E-state index contributed by atoms with van der Waals surface area (Å²) in [4.78, 5) is 12.8. The fourth-order valence-electron chi connectivity index (χ4n) is 2.26. The monoisotopic (exact) mass is 350 g/mol. The smallest absolute Gasteiger partial charge is 0.408 e. The molecule has 0 unspecified atom stereocenters. The van der Waals surface area contributed by atoms with Crippen LogP contribution in [0.4, 0.5) is 4.79 Å². The Hall–Kier alpha value is -1.62. The van der Waals surface area contributed by atoms with Gasteiger partial charge in [-0.15, -0.1) is 0 Å². The lowest BCUT2D eigenvalue weighted by Gasteiger charge is -2.29. The van der Waals surface area contributed by atoms with Crippen LogP contribution in [0.3, 0.4) is 0 Å². The number of nitrogens with one attached hydrogen (secondary N) is 2. The quantitative estimate of drug-likeness (QED) is 0.736. The van der Waals surface area contributed by atoms with Gasteiger partial charge in [0.1, 0.15) is 5.60 Å². The van der Waals surface area contributed by atoms with Gasteiger partial charge in [-0.2, -0.15) is 0 Å². The number of rotatable bonds is 6. The van der Waals surface area contributed by atoms with Gasteiger partial charge in [0.15, 0.2) is 0 Å². The molecular formula is C19H30N2O2S. The maximum atomic E-state index is 12.1. The van der Waals surface area contributed by atoms with Crippen LogP contribution in [-0.2, 0) is 4.74 Å². The zero-order valence-corrected chi connectivity index (χ0v) is 16.4. The van der Waals surface area contributed by atoms with Crippen LogP contribution < -0.4 is 10.6 Å². The van der Waals surface area contributed by atoms with Crippen molar-refractivity contribution in [3.05, 3.63) is 35.9 Å². The number of alkyl carbamates (subject to hydrolysis) is 1. The van der Waals surface area contributed by atoms with Gasteiger partial charge in [-0.05, 0) is 39.2 Å². The van der Waals surface area contributed by atoms with E-state index < -0.39 is 11.7 Å². The number of amides is 1. The van der Waals surface area contributed by atoms with Gasteiger partial charge >= 0.3 is 6.09 Å². The minimum atomic E-state index is -0.531. The largest absolute Gasteiger partial charge is 0.444 e. The van der Waals surface area contributed by atoms with E-state index in [9.17, 15) is 4.79 Å². The van der Waals surface area contributed by atoms with Gasteiger partial charge in [0, 0.05) is 6.04 Å². The lowest BCUT2D eigenvalue weighted by molar-refractivity contribution is 0.0506. The summed E-state index contributed by atoms with van der Waals surface area (Å²) in [6.45, 7) is 11.8. The van der Waals surface area contributed by atoms with E-state index in [1.54, 1.807) is 0 Å². The summed E-state index contributed by atoms with van der Waals surface area (Å²) >= 11 is 5.57. The number of ether oxygens (including phenoxy) is 1. The molecule has 0 heterocycles. The topological polar surface area (TPSA) is 50.4 Å². The average molecular weight is 351 g/mol. The Morgan fingerprint density at radius 3 is 2.25 bits per heavy atom. The third-order valence-corrected chi connectivity index (χ3v) is 4.20. The van der Waals surface area contributed by atoms with Gasteiger partial charge in [0.25, 0.3) is 0 Å². The highest BCUT2D eigenvalue weighted by molar-refractivity contribution is 7.80. The molecule has 1 amide bonds. The van der Waals surface area contributed by atoms with Crippen LogP contribution >= 0.6 is 12.2 Å². The van der Waals surface area contributed by atoms with Gasteiger partial charge in [-0.3, -0.25) is 0 Å². The SMILES string of the molecule is CC[C@H](C)[C@H](NC(=O)OC(C)(C)C)C(=S)N[C@@H](C)c1ccccc1. The fraction of sp³-hybridized carbons (Fsp3) is 0.579. The molecule has 0 aromatic heterocycles. The second kappa shape index (κ2) is 9.02. The number of benzene rings is 1. The van der Waals surface area contributed by atoms with Crippen molar-refractivity contribution in [2.75, 3.05) is 0 Å². The van der Waals surface area contributed by atoms with Crippen molar-refractivity contribution < 1.29 is 9.53 Å². The first-order chi connectivity index (χ1) is 11.1. The molecule has 0 aliphatic rings. The minimum Gasteiger partial charge on any atom is -0.444 e. The normalized spacial score (nSPS) is 15.1. The first-order valence-electron chi connectivity index (χ1n) is 8.49. The third-order valence-electron chi connectivity index (χ3n) is 3.83. The van der Waals surface area contributed by atoms with E-state index in [1.165, 1.54) is 0 Å². The van der Waals surface area contributed by atoms with Crippen molar-refractivity contribution in [1.29, 1.82) is 0 Å². The molecule has 1 aromatic carbocycles.